The number of ether oxygens (including phenoxy) is 1. The average molecular weight is 531 g/mol. The van der Waals surface area contributed by atoms with E-state index in [0.29, 0.717) is 35.3 Å². The molecule has 1 aliphatic rings. The number of anilines is 1. The lowest BCUT2D eigenvalue weighted by Crippen LogP contribution is -2.27. The summed E-state index contributed by atoms with van der Waals surface area (Å²) in [4.78, 5) is 5.13. The zero-order valence-corrected chi connectivity index (χ0v) is 22.4. The number of hydrogen-bond acceptors (Lipinski definition) is 7. The Morgan fingerprint density at radius 3 is 2.50 bits per heavy atom. The van der Waals surface area contributed by atoms with E-state index in [1.165, 1.54) is 6.26 Å². The smallest absolute Gasteiger partial charge is 0.177 e. The Balaban J connectivity index is 1.78. The molecular formula is C28H30N6O3S. The molecule has 0 spiro atoms. The molecule has 196 valence electrons. The highest BCUT2D eigenvalue weighted by Crippen LogP contribution is 2.44. The Bertz CT molecular complexity index is 1750. The van der Waals surface area contributed by atoms with E-state index in [9.17, 15) is 8.42 Å². The van der Waals surface area contributed by atoms with Crippen molar-refractivity contribution in [2.24, 2.45) is 13.0 Å². The number of sulfone groups is 1. The Labute approximate surface area is 221 Å². The fourth-order valence-corrected chi connectivity index (χ4v) is 6.78. The molecule has 0 saturated carbocycles. The molecule has 1 aliphatic heterocycles. The van der Waals surface area contributed by atoms with Crippen LogP contribution in [0.5, 0.6) is 0 Å². The minimum atomic E-state index is -3.58. The minimum Gasteiger partial charge on any atom is -0.398 e. The summed E-state index contributed by atoms with van der Waals surface area (Å²) >= 11 is 0. The van der Waals surface area contributed by atoms with E-state index in [-0.39, 0.29) is 16.9 Å². The van der Waals surface area contributed by atoms with E-state index in [0.717, 1.165) is 40.9 Å². The third-order valence-corrected chi connectivity index (χ3v) is 8.71. The van der Waals surface area contributed by atoms with Crippen LogP contribution in [0.25, 0.3) is 33.2 Å². The van der Waals surface area contributed by atoms with Crippen molar-refractivity contribution in [3.63, 3.8) is 0 Å². The molecule has 0 radical (unpaired) electrons. The molecule has 2 aromatic carbocycles. The van der Waals surface area contributed by atoms with Gasteiger partial charge in [0, 0.05) is 44.0 Å². The maximum Gasteiger partial charge on any atom is 0.177 e. The number of hydrogen-bond donors (Lipinski definition) is 1. The highest BCUT2D eigenvalue weighted by atomic mass is 32.2. The lowest BCUT2D eigenvalue weighted by atomic mass is 9.86. The van der Waals surface area contributed by atoms with E-state index in [2.05, 4.69) is 33.1 Å². The molecule has 0 amide bonds. The molecule has 5 aromatic rings. The Morgan fingerprint density at radius 2 is 1.84 bits per heavy atom. The van der Waals surface area contributed by atoms with Gasteiger partial charge in [0.15, 0.2) is 9.84 Å². The highest BCUT2D eigenvalue weighted by Gasteiger charge is 2.32. The summed E-state index contributed by atoms with van der Waals surface area (Å²) in [5, 5.41) is 9.05. The topological polar surface area (TPSA) is 118 Å². The second-order valence-corrected chi connectivity index (χ2v) is 12.0. The Kier molecular flexibility index (Phi) is 5.96. The average Bonchev–Trinajstić information content (AvgIpc) is 3.42. The zero-order chi connectivity index (χ0) is 26.6. The van der Waals surface area contributed by atoms with Gasteiger partial charge in [-0.3, -0.25) is 4.98 Å². The van der Waals surface area contributed by atoms with Crippen LogP contribution in [-0.4, -0.2) is 52.4 Å². The van der Waals surface area contributed by atoms with Crippen molar-refractivity contribution in [1.29, 1.82) is 0 Å². The first kappa shape index (κ1) is 24.6. The first-order chi connectivity index (χ1) is 18.3. The van der Waals surface area contributed by atoms with Crippen LogP contribution in [-0.2, 0) is 21.6 Å². The van der Waals surface area contributed by atoms with E-state index >= 15 is 0 Å². The van der Waals surface area contributed by atoms with Gasteiger partial charge in [-0.25, -0.2) is 13.1 Å². The van der Waals surface area contributed by atoms with Crippen molar-refractivity contribution >= 4 is 37.5 Å². The zero-order valence-electron chi connectivity index (χ0n) is 21.6. The number of benzene rings is 2. The molecule has 1 atom stereocenters. The molecule has 38 heavy (non-hydrogen) atoms. The summed E-state index contributed by atoms with van der Waals surface area (Å²) in [5.74, 6) is 0.225. The maximum atomic E-state index is 13.2. The van der Waals surface area contributed by atoms with Gasteiger partial charge in [0.25, 0.3) is 0 Å². The molecule has 0 bridgehead atoms. The van der Waals surface area contributed by atoms with Crippen molar-refractivity contribution in [3.8, 4) is 11.3 Å². The number of pyridine rings is 1. The van der Waals surface area contributed by atoms with E-state index in [1.807, 2.05) is 32.2 Å². The normalized spacial score (nSPS) is 15.9. The summed E-state index contributed by atoms with van der Waals surface area (Å²) in [7, 11) is -1.73. The second kappa shape index (κ2) is 9.21. The predicted octanol–water partition coefficient (Wildman–Crippen LogP) is 4.30. The number of aryl methyl sites for hydroxylation is 2. The summed E-state index contributed by atoms with van der Waals surface area (Å²) in [5.41, 5.74) is 12.7. The summed E-state index contributed by atoms with van der Waals surface area (Å²) in [6.07, 6.45) is 4.75. The summed E-state index contributed by atoms with van der Waals surface area (Å²) < 4.78 is 35.9. The van der Waals surface area contributed by atoms with Gasteiger partial charge in [0.05, 0.1) is 44.3 Å². The number of rotatable bonds is 5. The highest BCUT2D eigenvalue weighted by molar-refractivity contribution is 7.91. The molecule has 0 aliphatic carbocycles. The van der Waals surface area contributed by atoms with Crippen LogP contribution in [0.2, 0.25) is 0 Å². The second-order valence-electron chi connectivity index (χ2n) is 10.1. The van der Waals surface area contributed by atoms with Crippen LogP contribution in [0, 0.1) is 12.8 Å². The molecule has 3 aromatic heterocycles. The van der Waals surface area contributed by atoms with Gasteiger partial charge in [0.1, 0.15) is 0 Å². The number of aromatic nitrogens is 5. The molecule has 1 saturated heterocycles. The van der Waals surface area contributed by atoms with Crippen molar-refractivity contribution < 1.29 is 13.2 Å². The van der Waals surface area contributed by atoms with Crippen molar-refractivity contribution in [1.82, 2.24) is 24.5 Å². The first-order valence-corrected chi connectivity index (χ1v) is 14.6. The molecule has 0 unspecified atom stereocenters. The molecule has 4 heterocycles. The van der Waals surface area contributed by atoms with Crippen LogP contribution in [0.3, 0.4) is 0 Å². The van der Waals surface area contributed by atoms with Gasteiger partial charge < -0.3 is 15.0 Å². The third kappa shape index (κ3) is 3.95. The van der Waals surface area contributed by atoms with Crippen LogP contribution >= 0.6 is 0 Å². The van der Waals surface area contributed by atoms with E-state index < -0.39 is 9.84 Å². The van der Waals surface area contributed by atoms with Crippen molar-refractivity contribution in [2.45, 2.75) is 30.7 Å². The number of nitrogen functional groups attached to an aromatic ring is 1. The fourth-order valence-electron chi connectivity index (χ4n) is 5.91. The van der Waals surface area contributed by atoms with Gasteiger partial charge in [-0.1, -0.05) is 35.5 Å². The molecule has 1 fully saturated rings. The lowest BCUT2D eigenvalue weighted by Gasteiger charge is -2.33. The number of nitrogens with two attached hydrogens (primary N) is 1. The van der Waals surface area contributed by atoms with E-state index in [4.69, 9.17) is 15.5 Å². The fraction of sp³-hybridized carbons (Fsp3) is 0.321. The van der Waals surface area contributed by atoms with Crippen LogP contribution in [0.1, 0.15) is 30.1 Å². The summed E-state index contributed by atoms with van der Waals surface area (Å²) in [6.45, 7) is 3.24. The van der Waals surface area contributed by atoms with Gasteiger partial charge in [-0.2, -0.15) is 0 Å². The summed E-state index contributed by atoms with van der Waals surface area (Å²) in [6, 6.07) is 15.5. The van der Waals surface area contributed by atoms with E-state index in [1.54, 1.807) is 23.0 Å². The third-order valence-electron chi connectivity index (χ3n) is 7.58. The Morgan fingerprint density at radius 1 is 1.11 bits per heavy atom. The number of fused-ring (bicyclic) bond motifs is 3. The molecule has 6 rings (SSSR count). The molecule has 2 N–H and O–H groups in total. The Hall–Kier alpha value is -3.76. The minimum absolute atomic E-state index is 0.148. The van der Waals surface area contributed by atoms with Crippen LogP contribution in [0.15, 0.2) is 59.6 Å². The molecular weight excluding hydrogens is 500 g/mol. The predicted molar refractivity (Wildman–Crippen MR) is 148 cm³/mol. The standard InChI is InChI=1S/C28H30N6O3S/c1-17-26(33(2)32-31-17)20-15-22-25(30-16-20)24-21(29)9-10-23(38(3,35)36)28(24)34(22)27(18-7-5-4-6-8-18)19-11-13-37-14-12-19/h4-10,15-16,19,27H,11-14,29H2,1-3H3/t27-/m1/s1. The SMILES string of the molecule is Cc1nnn(C)c1-c1cnc2c3c(N)ccc(S(C)(=O)=O)c3n([C@H](c3ccccc3)C3CCOCC3)c2c1. The maximum absolute atomic E-state index is 13.2. The quantitative estimate of drug-likeness (QED) is 0.337. The lowest BCUT2D eigenvalue weighted by molar-refractivity contribution is 0.0552. The van der Waals surface area contributed by atoms with Gasteiger partial charge in [0.2, 0.25) is 0 Å². The van der Waals surface area contributed by atoms with Crippen LogP contribution < -0.4 is 5.73 Å². The molecule has 10 heteroatoms. The van der Waals surface area contributed by atoms with Crippen LogP contribution in [0.4, 0.5) is 5.69 Å². The first-order valence-electron chi connectivity index (χ1n) is 12.7. The van der Waals surface area contributed by atoms with Crippen molar-refractivity contribution in [2.75, 3.05) is 25.2 Å². The van der Waals surface area contributed by atoms with Gasteiger partial charge in [-0.15, -0.1) is 5.10 Å². The van der Waals surface area contributed by atoms with Crippen molar-refractivity contribution in [3.05, 3.63) is 66.0 Å². The monoisotopic (exact) mass is 530 g/mol. The van der Waals surface area contributed by atoms with Gasteiger partial charge >= 0.3 is 0 Å². The number of nitrogens with zero attached hydrogens (tertiary/aromatic N) is 5. The largest absolute Gasteiger partial charge is 0.398 e. The molecule has 9 nitrogen and oxygen atoms in total. The van der Waals surface area contributed by atoms with Gasteiger partial charge in [-0.05, 0) is 49.4 Å².